The Morgan fingerprint density at radius 2 is 2.33 bits per heavy atom. The van der Waals surface area contributed by atoms with Crippen LogP contribution in [0.4, 0.5) is 0 Å². The van der Waals surface area contributed by atoms with Crippen molar-refractivity contribution in [1.29, 1.82) is 0 Å². The second-order valence-electron chi connectivity index (χ2n) is 3.37. The zero-order chi connectivity index (χ0) is 8.39. The number of amides is 1. The van der Waals surface area contributed by atoms with E-state index < -0.39 is 0 Å². The van der Waals surface area contributed by atoms with Crippen LogP contribution < -0.4 is 10.6 Å². The Kier molecular flexibility index (Phi) is 2.56. The van der Waals surface area contributed by atoms with Gasteiger partial charge in [-0.05, 0) is 18.6 Å². The first kappa shape index (κ1) is 8.38. The Bertz CT molecular complexity index is 176. The number of carbonyl (C=O) groups is 1. The molecule has 0 aromatic rings. The molecule has 0 aliphatic carbocycles. The van der Waals surface area contributed by atoms with E-state index in [1.165, 1.54) is 6.42 Å². The maximum atomic E-state index is 11.5. The summed E-state index contributed by atoms with van der Waals surface area (Å²) in [6.45, 7) is 1.90. The third kappa shape index (κ3) is 1.75. The summed E-state index contributed by atoms with van der Waals surface area (Å²) in [4.78, 5) is 11.5. The van der Waals surface area contributed by atoms with E-state index in [0.717, 1.165) is 25.3 Å². The number of carbonyl (C=O) groups excluding carboxylic acids is 1. The largest absolute Gasteiger partial charge is 0.350 e. The molecule has 2 fully saturated rings. The van der Waals surface area contributed by atoms with Crippen LogP contribution >= 0.6 is 11.8 Å². The Hall–Kier alpha value is -0.220. The number of rotatable bonds is 2. The van der Waals surface area contributed by atoms with Crippen LogP contribution in [0.1, 0.15) is 12.8 Å². The molecule has 0 bridgehead atoms. The van der Waals surface area contributed by atoms with Crippen molar-refractivity contribution in [1.82, 2.24) is 10.6 Å². The molecule has 2 rings (SSSR count). The Balaban J connectivity index is 1.74. The molecule has 0 aromatic heterocycles. The van der Waals surface area contributed by atoms with Crippen LogP contribution in [0.5, 0.6) is 0 Å². The average molecular weight is 186 g/mol. The summed E-state index contributed by atoms with van der Waals surface area (Å²) in [7, 11) is 0. The number of nitrogens with one attached hydrogen (secondary N) is 2. The van der Waals surface area contributed by atoms with Gasteiger partial charge in [-0.1, -0.05) is 0 Å². The normalized spacial score (nSPS) is 29.8. The predicted octanol–water partition coefficient (Wildman–Crippen LogP) is -0.0300. The van der Waals surface area contributed by atoms with Crippen LogP contribution in [0.3, 0.4) is 0 Å². The summed E-state index contributed by atoms with van der Waals surface area (Å²) in [5.41, 5.74) is 0. The number of hydrogen-bond acceptors (Lipinski definition) is 3. The standard InChI is InChI=1S/C8H14N2OS/c11-8(7-2-1-3-12-7)10-6-4-9-5-6/h6-7,9H,1-5H2,(H,10,11). The summed E-state index contributed by atoms with van der Waals surface area (Å²) >= 11 is 1.79. The lowest BCUT2D eigenvalue weighted by molar-refractivity contribution is -0.121. The van der Waals surface area contributed by atoms with Gasteiger partial charge in [0.25, 0.3) is 0 Å². The van der Waals surface area contributed by atoms with E-state index in [9.17, 15) is 4.79 Å². The Labute approximate surface area is 76.7 Å². The minimum absolute atomic E-state index is 0.241. The van der Waals surface area contributed by atoms with Gasteiger partial charge in [-0.25, -0.2) is 0 Å². The van der Waals surface area contributed by atoms with Crippen molar-refractivity contribution in [3.05, 3.63) is 0 Å². The summed E-state index contributed by atoms with van der Waals surface area (Å²) in [5.74, 6) is 1.41. The molecule has 2 saturated heterocycles. The van der Waals surface area contributed by atoms with E-state index in [1.54, 1.807) is 11.8 Å². The molecular formula is C8H14N2OS. The van der Waals surface area contributed by atoms with Crippen molar-refractivity contribution in [2.24, 2.45) is 0 Å². The van der Waals surface area contributed by atoms with Crippen LogP contribution in [-0.2, 0) is 4.79 Å². The summed E-state index contributed by atoms with van der Waals surface area (Å²) in [6, 6.07) is 0.402. The highest BCUT2D eigenvalue weighted by Crippen LogP contribution is 2.26. The van der Waals surface area contributed by atoms with Crippen LogP contribution in [0.15, 0.2) is 0 Å². The first-order valence-corrected chi connectivity index (χ1v) is 5.54. The van der Waals surface area contributed by atoms with Gasteiger partial charge in [-0.2, -0.15) is 0 Å². The van der Waals surface area contributed by atoms with E-state index in [-0.39, 0.29) is 11.2 Å². The van der Waals surface area contributed by atoms with Gasteiger partial charge in [0.1, 0.15) is 0 Å². The summed E-state index contributed by atoms with van der Waals surface area (Å²) < 4.78 is 0. The molecule has 2 heterocycles. The first-order valence-electron chi connectivity index (χ1n) is 4.49. The second kappa shape index (κ2) is 3.66. The molecule has 68 valence electrons. The van der Waals surface area contributed by atoms with Crippen LogP contribution in [0.2, 0.25) is 0 Å². The lowest BCUT2D eigenvalue weighted by atomic mass is 10.1. The van der Waals surface area contributed by atoms with Gasteiger partial charge >= 0.3 is 0 Å². The van der Waals surface area contributed by atoms with Crippen LogP contribution in [0, 0.1) is 0 Å². The highest BCUT2D eigenvalue weighted by atomic mass is 32.2. The quantitative estimate of drug-likeness (QED) is 0.636. The number of hydrogen-bond donors (Lipinski definition) is 2. The van der Waals surface area contributed by atoms with Crippen LogP contribution in [-0.4, -0.2) is 36.0 Å². The monoisotopic (exact) mass is 186 g/mol. The van der Waals surface area contributed by atoms with Gasteiger partial charge in [0.15, 0.2) is 0 Å². The van der Waals surface area contributed by atoms with Crippen molar-refractivity contribution >= 4 is 17.7 Å². The van der Waals surface area contributed by atoms with E-state index in [1.807, 2.05) is 0 Å². The smallest absolute Gasteiger partial charge is 0.233 e. The van der Waals surface area contributed by atoms with E-state index in [4.69, 9.17) is 0 Å². The van der Waals surface area contributed by atoms with Crippen LogP contribution in [0.25, 0.3) is 0 Å². The maximum Gasteiger partial charge on any atom is 0.233 e. The lowest BCUT2D eigenvalue weighted by Crippen LogP contribution is -2.58. The molecule has 12 heavy (non-hydrogen) atoms. The van der Waals surface area contributed by atoms with Crippen molar-refractivity contribution in [3.8, 4) is 0 Å². The van der Waals surface area contributed by atoms with E-state index >= 15 is 0 Å². The maximum absolute atomic E-state index is 11.5. The minimum Gasteiger partial charge on any atom is -0.350 e. The SMILES string of the molecule is O=C(NC1CNC1)C1CCCS1. The fourth-order valence-electron chi connectivity index (χ4n) is 1.47. The Morgan fingerprint density at radius 3 is 2.83 bits per heavy atom. The zero-order valence-corrected chi connectivity index (χ0v) is 7.82. The molecule has 2 aliphatic rings. The molecule has 3 nitrogen and oxygen atoms in total. The molecule has 0 saturated carbocycles. The first-order chi connectivity index (χ1) is 5.86. The molecule has 0 aromatic carbocycles. The predicted molar refractivity (Wildman–Crippen MR) is 50.3 cm³/mol. The fourth-order valence-corrected chi connectivity index (χ4v) is 2.64. The second-order valence-corrected chi connectivity index (χ2v) is 4.68. The molecule has 0 spiro atoms. The van der Waals surface area contributed by atoms with Gasteiger partial charge < -0.3 is 10.6 Å². The average Bonchev–Trinajstić information content (AvgIpc) is 2.47. The summed E-state index contributed by atoms with van der Waals surface area (Å²) in [5, 5.41) is 6.41. The highest BCUT2D eigenvalue weighted by Gasteiger charge is 2.26. The molecule has 0 radical (unpaired) electrons. The van der Waals surface area contributed by atoms with Gasteiger partial charge in [0, 0.05) is 13.1 Å². The third-order valence-corrected chi connectivity index (χ3v) is 3.73. The zero-order valence-electron chi connectivity index (χ0n) is 7.01. The molecule has 1 unspecified atom stereocenters. The van der Waals surface area contributed by atoms with Gasteiger partial charge in [-0.15, -0.1) is 11.8 Å². The molecule has 1 atom stereocenters. The molecule has 2 aliphatic heterocycles. The summed E-state index contributed by atoms with van der Waals surface area (Å²) in [6.07, 6.45) is 2.27. The molecular weight excluding hydrogens is 172 g/mol. The number of thioether (sulfide) groups is 1. The Morgan fingerprint density at radius 1 is 1.50 bits per heavy atom. The van der Waals surface area contributed by atoms with E-state index in [0.29, 0.717) is 6.04 Å². The fraction of sp³-hybridized carbons (Fsp3) is 0.875. The minimum atomic E-state index is 0.241. The van der Waals surface area contributed by atoms with E-state index in [2.05, 4.69) is 10.6 Å². The topological polar surface area (TPSA) is 41.1 Å². The van der Waals surface area contributed by atoms with Gasteiger partial charge in [0.05, 0.1) is 11.3 Å². The lowest BCUT2D eigenvalue weighted by Gasteiger charge is -2.28. The molecule has 2 N–H and O–H groups in total. The van der Waals surface area contributed by atoms with Crippen molar-refractivity contribution in [3.63, 3.8) is 0 Å². The molecule has 4 heteroatoms. The highest BCUT2D eigenvalue weighted by molar-refractivity contribution is 8.00. The third-order valence-electron chi connectivity index (χ3n) is 2.35. The van der Waals surface area contributed by atoms with Gasteiger partial charge in [-0.3, -0.25) is 4.79 Å². The van der Waals surface area contributed by atoms with Crippen molar-refractivity contribution in [2.75, 3.05) is 18.8 Å². The van der Waals surface area contributed by atoms with Crippen molar-refractivity contribution < 1.29 is 4.79 Å². The molecule has 1 amide bonds. The van der Waals surface area contributed by atoms with Gasteiger partial charge in [0.2, 0.25) is 5.91 Å². The van der Waals surface area contributed by atoms with Crippen molar-refractivity contribution in [2.45, 2.75) is 24.1 Å².